The van der Waals surface area contributed by atoms with Gasteiger partial charge < -0.3 is 14.8 Å². The largest absolute Gasteiger partial charge is 0.367 e. The predicted octanol–water partition coefficient (Wildman–Crippen LogP) is 0.643. The third-order valence-corrected chi connectivity index (χ3v) is 3.27. The van der Waals surface area contributed by atoms with Crippen LogP contribution in [-0.4, -0.2) is 38.0 Å². The average molecular weight is 275 g/mol. The number of rotatable bonds is 3. The zero-order chi connectivity index (χ0) is 14.1. The van der Waals surface area contributed by atoms with E-state index in [-0.39, 0.29) is 11.5 Å². The van der Waals surface area contributed by atoms with E-state index < -0.39 is 4.92 Å². The Balaban J connectivity index is 2.01. The Morgan fingerprint density at radius 2 is 2.20 bits per heavy atom. The zero-order valence-electron chi connectivity index (χ0n) is 10.9. The summed E-state index contributed by atoms with van der Waals surface area (Å²) in [6.45, 7) is 1.86. The standard InChI is InChI=1S/C11H13N7O2/c1-12-10-9(18(19)20)11(15-7-14-10)17-5-4-16-3-2-13-8(16)6-17/h2-3,7H,4-6H2,1H3,(H,12,14,15). The Bertz CT molecular complexity index is 654. The van der Waals surface area contributed by atoms with Gasteiger partial charge >= 0.3 is 5.69 Å². The maximum Gasteiger partial charge on any atom is 0.353 e. The van der Waals surface area contributed by atoms with Crippen LogP contribution in [0.3, 0.4) is 0 Å². The molecule has 0 atom stereocenters. The van der Waals surface area contributed by atoms with Crippen LogP contribution in [0, 0.1) is 10.1 Å². The maximum atomic E-state index is 11.3. The van der Waals surface area contributed by atoms with Crippen LogP contribution < -0.4 is 10.2 Å². The first-order valence-electron chi connectivity index (χ1n) is 6.13. The summed E-state index contributed by atoms with van der Waals surface area (Å²) in [4.78, 5) is 24.9. The number of anilines is 2. The number of aromatic nitrogens is 4. The molecule has 1 aliphatic heterocycles. The van der Waals surface area contributed by atoms with Crippen LogP contribution in [-0.2, 0) is 13.1 Å². The summed E-state index contributed by atoms with van der Waals surface area (Å²) in [5.41, 5.74) is -0.102. The number of nitrogens with zero attached hydrogens (tertiary/aromatic N) is 6. The minimum Gasteiger partial charge on any atom is -0.367 e. The highest BCUT2D eigenvalue weighted by molar-refractivity contribution is 5.70. The predicted molar refractivity (Wildman–Crippen MR) is 71.5 cm³/mol. The van der Waals surface area contributed by atoms with Gasteiger partial charge in [-0.05, 0) is 0 Å². The second kappa shape index (κ2) is 4.76. The molecule has 3 heterocycles. The summed E-state index contributed by atoms with van der Waals surface area (Å²) in [6.07, 6.45) is 4.96. The molecule has 1 N–H and O–H groups in total. The molecule has 0 spiro atoms. The molecule has 3 rings (SSSR count). The SMILES string of the molecule is CNc1ncnc(N2CCn3ccnc3C2)c1[N+](=O)[O-]. The summed E-state index contributed by atoms with van der Waals surface area (Å²) < 4.78 is 2.03. The number of nitro groups is 1. The summed E-state index contributed by atoms with van der Waals surface area (Å²) >= 11 is 0. The summed E-state index contributed by atoms with van der Waals surface area (Å²) in [5, 5.41) is 14.0. The van der Waals surface area contributed by atoms with E-state index in [1.165, 1.54) is 6.33 Å². The van der Waals surface area contributed by atoms with Crippen molar-refractivity contribution in [3.63, 3.8) is 0 Å². The van der Waals surface area contributed by atoms with Crippen molar-refractivity contribution in [3.8, 4) is 0 Å². The van der Waals surface area contributed by atoms with Crippen LogP contribution in [0.15, 0.2) is 18.7 Å². The van der Waals surface area contributed by atoms with Crippen LogP contribution >= 0.6 is 0 Å². The molecule has 2 aromatic heterocycles. The van der Waals surface area contributed by atoms with E-state index in [4.69, 9.17) is 0 Å². The monoisotopic (exact) mass is 275 g/mol. The van der Waals surface area contributed by atoms with Gasteiger partial charge in [-0.1, -0.05) is 0 Å². The van der Waals surface area contributed by atoms with Gasteiger partial charge in [0.05, 0.1) is 11.5 Å². The minimum atomic E-state index is -0.456. The molecule has 9 heteroatoms. The molecule has 0 amide bonds. The fraction of sp³-hybridized carbons (Fsp3) is 0.364. The lowest BCUT2D eigenvalue weighted by Gasteiger charge is -2.28. The van der Waals surface area contributed by atoms with Crippen LogP contribution in [0.25, 0.3) is 0 Å². The third-order valence-electron chi connectivity index (χ3n) is 3.27. The normalized spacial score (nSPS) is 13.9. The number of hydrogen-bond donors (Lipinski definition) is 1. The van der Waals surface area contributed by atoms with Crippen molar-refractivity contribution < 1.29 is 4.92 Å². The summed E-state index contributed by atoms with van der Waals surface area (Å²) in [7, 11) is 1.60. The van der Waals surface area contributed by atoms with Crippen molar-refractivity contribution >= 4 is 17.3 Å². The Labute approximate surface area is 114 Å². The van der Waals surface area contributed by atoms with E-state index in [0.717, 1.165) is 12.4 Å². The minimum absolute atomic E-state index is 0.102. The summed E-state index contributed by atoms with van der Waals surface area (Å²) in [5.74, 6) is 1.41. The number of fused-ring (bicyclic) bond motifs is 1. The van der Waals surface area contributed by atoms with Crippen LogP contribution in [0.1, 0.15) is 5.82 Å². The number of nitrogens with one attached hydrogen (secondary N) is 1. The molecule has 2 aromatic rings. The molecule has 0 aliphatic carbocycles. The Morgan fingerprint density at radius 3 is 2.95 bits per heavy atom. The second-order valence-corrected chi connectivity index (χ2v) is 4.36. The number of hydrogen-bond acceptors (Lipinski definition) is 7. The fourth-order valence-electron chi connectivity index (χ4n) is 2.31. The first-order valence-corrected chi connectivity index (χ1v) is 6.13. The quantitative estimate of drug-likeness (QED) is 0.647. The Kier molecular flexibility index (Phi) is 2.93. The topological polar surface area (TPSA) is 102 Å². The van der Waals surface area contributed by atoms with Gasteiger partial charge in [0.1, 0.15) is 12.2 Å². The molecule has 0 bridgehead atoms. The maximum absolute atomic E-state index is 11.3. The molecule has 0 saturated carbocycles. The van der Waals surface area contributed by atoms with Gasteiger partial charge in [-0.2, -0.15) is 0 Å². The van der Waals surface area contributed by atoms with Gasteiger partial charge in [0.2, 0.25) is 11.6 Å². The molecule has 1 aliphatic rings. The van der Waals surface area contributed by atoms with Crippen molar-refractivity contribution in [2.75, 3.05) is 23.8 Å². The van der Waals surface area contributed by atoms with Gasteiger partial charge in [0.15, 0.2) is 0 Å². The highest BCUT2D eigenvalue weighted by Crippen LogP contribution is 2.32. The molecule has 0 radical (unpaired) electrons. The molecular weight excluding hydrogens is 262 g/mol. The van der Waals surface area contributed by atoms with Crippen LogP contribution in [0.5, 0.6) is 0 Å². The lowest BCUT2D eigenvalue weighted by Crippen LogP contribution is -2.34. The van der Waals surface area contributed by atoms with Crippen molar-refractivity contribution in [2.45, 2.75) is 13.1 Å². The van der Waals surface area contributed by atoms with Crippen molar-refractivity contribution in [3.05, 3.63) is 34.7 Å². The molecule has 0 aromatic carbocycles. The molecular formula is C11H13N7O2. The Hall–Kier alpha value is -2.71. The first-order chi connectivity index (χ1) is 9.70. The van der Waals surface area contributed by atoms with E-state index in [1.54, 1.807) is 13.2 Å². The average Bonchev–Trinajstić information content (AvgIpc) is 2.93. The molecule has 0 saturated heterocycles. The number of imidazole rings is 1. The highest BCUT2D eigenvalue weighted by Gasteiger charge is 2.28. The van der Waals surface area contributed by atoms with Gasteiger partial charge in [-0.3, -0.25) is 10.1 Å². The third kappa shape index (κ3) is 1.92. The fourth-order valence-corrected chi connectivity index (χ4v) is 2.31. The van der Waals surface area contributed by atoms with E-state index in [1.807, 2.05) is 15.7 Å². The van der Waals surface area contributed by atoms with E-state index in [0.29, 0.717) is 18.9 Å². The van der Waals surface area contributed by atoms with Crippen LogP contribution in [0.2, 0.25) is 0 Å². The van der Waals surface area contributed by atoms with Crippen molar-refractivity contribution in [1.82, 2.24) is 19.5 Å². The van der Waals surface area contributed by atoms with Crippen molar-refractivity contribution in [2.24, 2.45) is 0 Å². The van der Waals surface area contributed by atoms with E-state index in [2.05, 4.69) is 20.3 Å². The van der Waals surface area contributed by atoms with Crippen LogP contribution in [0.4, 0.5) is 17.3 Å². The van der Waals surface area contributed by atoms with E-state index >= 15 is 0 Å². The smallest absolute Gasteiger partial charge is 0.353 e. The first kappa shape index (κ1) is 12.3. The lowest BCUT2D eigenvalue weighted by atomic mass is 10.3. The van der Waals surface area contributed by atoms with Gasteiger partial charge in [0, 0.05) is 32.5 Å². The van der Waals surface area contributed by atoms with Gasteiger partial charge in [0.25, 0.3) is 0 Å². The molecule has 104 valence electrons. The van der Waals surface area contributed by atoms with Gasteiger partial charge in [-0.25, -0.2) is 15.0 Å². The molecule has 0 unspecified atom stereocenters. The zero-order valence-corrected chi connectivity index (χ0v) is 10.9. The highest BCUT2D eigenvalue weighted by atomic mass is 16.6. The molecule has 20 heavy (non-hydrogen) atoms. The van der Waals surface area contributed by atoms with Crippen molar-refractivity contribution in [1.29, 1.82) is 0 Å². The molecule has 9 nitrogen and oxygen atoms in total. The summed E-state index contributed by atoms with van der Waals surface area (Å²) in [6, 6.07) is 0. The molecule has 0 fully saturated rings. The Morgan fingerprint density at radius 1 is 1.35 bits per heavy atom. The van der Waals surface area contributed by atoms with Gasteiger partial charge in [-0.15, -0.1) is 0 Å². The lowest BCUT2D eigenvalue weighted by molar-refractivity contribution is -0.383. The van der Waals surface area contributed by atoms with E-state index in [9.17, 15) is 10.1 Å². The second-order valence-electron chi connectivity index (χ2n) is 4.36.